The molecule has 0 atom stereocenters. The zero-order valence-corrected chi connectivity index (χ0v) is 5.55. The Labute approximate surface area is 45.0 Å². The summed E-state index contributed by atoms with van der Waals surface area (Å²) in [5.74, 6) is 0. The van der Waals surface area contributed by atoms with E-state index in [9.17, 15) is 0 Å². The normalized spacial score (nSPS) is 11.5. The molecule has 0 bridgehead atoms. The SMILES string of the molecule is CCOI(O)O. The fourth-order valence-corrected chi connectivity index (χ4v) is 0.655. The van der Waals surface area contributed by atoms with Crippen molar-refractivity contribution >= 4 is 21.1 Å². The van der Waals surface area contributed by atoms with Crippen LogP contribution in [-0.4, -0.2) is 13.5 Å². The molecular formula is C2H7IO3. The van der Waals surface area contributed by atoms with E-state index in [0.29, 0.717) is 6.61 Å². The van der Waals surface area contributed by atoms with Gasteiger partial charge in [-0.15, -0.1) is 0 Å². The van der Waals surface area contributed by atoms with E-state index in [1.54, 1.807) is 6.92 Å². The Hall–Kier alpha value is 0.610. The predicted molar refractivity (Wildman–Crippen MR) is 30.1 cm³/mol. The van der Waals surface area contributed by atoms with Gasteiger partial charge in [-0.25, -0.2) is 0 Å². The molecule has 0 spiro atoms. The summed E-state index contributed by atoms with van der Waals surface area (Å²) in [4.78, 5) is 0. The molecule has 0 radical (unpaired) electrons. The zero-order valence-electron chi connectivity index (χ0n) is 3.39. The molecular weight excluding hydrogens is 199 g/mol. The standard InChI is InChI=1S/C2H7IO3/c1-2-6-3(4)5/h4-5H,2H2,1H3. The van der Waals surface area contributed by atoms with Crippen molar-refractivity contribution in [2.24, 2.45) is 0 Å². The van der Waals surface area contributed by atoms with Crippen LogP contribution in [0, 0.1) is 0 Å². The van der Waals surface area contributed by atoms with E-state index >= 15 is 0 Å². The first-order valence-electron chi connectivity index (χ1n) is 1.49. The molecule has 0 fully saturated rings. The fourth-order valence-electron chi connectivity index (χ4n) is 0.0976. The zero-order chi connectivity index (χ0) is 4.99. The monoisotopic (exact) mass is 206 g/mol. The van der Waals surface area contributed by atoms with Crippen LogP contribution in [0.5, 0.6) is 0 Å². The summed E-state index contributed by atoms with van der Waals surface area (Å²) in [5.41, 5.74) is 0. The predicted octanol–water partition coefficient (Wildman–Crippen LogP) is 0.259. The van der Waals surface area contributed by atoms with Crippen molar-refractivity contribution < 1.29 is 9.94 Å². The molecule has 0 heterocycles. The molecule has 0 aromatic rings. The average molecular weight is 206 g/mol. The van der Waals surface area contributed by atoms with E-state index in [-0.39, 0.29) is 0 Å². The third-order valence-electron chi connectivity index (χ3n) is 0.207. The van der Waals surface area contributed by atoms with Crippen molar-refractivity contribution in [1.82, 2.24) is 0 Å². The van der Waals surface area contributed by atoms with Gasteiger partial charge in [0.05, 0.1) is 0 Å². The van der Waals surface area contributed by atoms with Gasteiger partial charge in [-0.2, -0.15) is 0 Å². The molecule has 40 valence electrons. The van der Waals surface area contributed by atoms with Gasteiger partial charge in [0.25, 0.3) is 0 Å². The van der Waals surface area contributed by atoms with Crippen LogP contribution >= 0.6 is 21.1 Å². The molecule has 0 rings (SSSR count). The Balaban J connectivity index is 2.63. The molecule has 0 aromatic carbocycles. The number of hydrogen-bond donors (Lipinski definition) is 2. The Bertz CT molecular complexity index is 30.0. The summed E-state index contributed by atoms with van der Waals surface area (Å²) in [7, 11) is 0. The van der Waals surface area contributed by atoms with E-state index in [4.69, 9.17) is 6.87 Å². The van der Waals surface area contributed by atoms with Gasteiger partial charge in [-0.3, -0.25) is 0 Å². The molecule has 3 nitrogen and oxygen atoms in total. The Morgan fingerprint density at radius 2 is 2.17 bits per heavy atom. The minimum atomic E-state index is -2.81. The van der Waals surface area contributed by atoms with Gasteiger partial charge in [0.1, 0.15) is 0 Å². The first kappa shape index (κ1) is 6.61. The Morgan fingerprint density at radius 1 is 1.67 bits per heavy atom. The van der Waals surface area contributed by atoms with E-state index < -0.39 is 21.1 Å². The van der Waals surface area contributed by atoms with Gasteiger partial charge >= 0.3 is 44.5 Å². The van der Waals surface area contributed by atoms with Gasteiger partial charge in [0.2, 0.25) is 0 Å². The van der Waals surface area contributed by atoms with Crippen molar-refractivity contribution in [3.05, 3.63) is 0 Å². The first-order valence-corrected chi connectivity index (χ1v) is 4.30. The molecule has 2 N–H and O–H groups in total. The van der Waals surface area contributed by atoms with E-state index in [1.165, 1.54) is 0 Å². The van der Waals surface area contributed by atoms with E-state index in [0.717, 1.165) is 0 Å². The van der Waals surface area contributed by atoms with Gasteiger partial charge in [0, 0.05) is 0 Å². The second-order valence-corrected chi connectivity index (χ2v) is 2.45. The molecule has 0 amide bonds. The van der Waals surface area contributed by atoms with Crippen LogP contribution in [0.4, 0.5) is 0 Å². The average Bonchev–Trinajstić information content (AvgIpc) is 1.35. The van der Waals surface area contributed by atoms with Crippen molar-refractivity contribution in [1.29, 1.82) is 0 Å². The maximum absolute atomic E-state index is 8.04. The van der Waals surface area contributed by atoms with Crippen LogP contribution in [0.3, 0.4) is 0 Å². The Kier molecular flexibility index (Phi) is 4.17. The van der Waals surface area contributed by atoms with E-state index in [1.807, 2.05) is 0 Å². The van der Waals surface area contributed by atoms with Crippen LogP contribution in [0.2, 0.25) is 0 Å². The number of rotatable bonds is 2. The first-order chi connectivity index (χ1) is 2.77. The molecule has 0 saturated heterocycles. The molecule has 0 aliphatic carbocycles. The van der Waals surface area contributed by atoms with Crippen LogP contribution in [0.25, 0.3) is 0 Å². The van der Waals surface area contributed by atoms with Crippen LogP contribution in [-0.2, 0) is 3.07 Å². The van der Waals surface area contributed by atoms with Crippen molar-refractivity contribution in [2.45, 2.75) is 6.92 Å². The second-order valence-electron chi connectivity index (χ2n) is 0.611. The van der Waals surface area contributed by atoms with Crippen molar-refractivity contribution in [3.63, 3.8) is 0 Å². The fraction of sp³-hybridized carbons (Fsp3) is 1.00. The van der Waals surface area contributed by atoms with Gasteiger partial charge in [-0.1, -0.05) is 0 Å². The molecule has 0 aliphatic heterocycles. The second kappa shape index (κ2) is 3.79. The van der Waals surface area contributed by atoms with Crippen molar-refractivity contribution in [3.8, 4) is 0 Å². The maximum atomic E-state index is 8.04. The molecule has 0 aromatic heterocycles. The minimum absolute atomic E-state index is 0.401. The quantitative estimate of drug-likeness (QED) is 0.637. The van der Waals surface area contributed by atoms with E-state index in [2.05, 4.69) is 3.07 Å². The Morgan fingerprint density at radius 3 is 2.17 bits per heavy atom. The summed E-state index contributed by atoms with van der Waals surface area (Å²) >= 11 is -2.81. The third-order valence-corrected chi connectivity index (χ3v) is 1.39. The third kappa shape index (κ3) is 4.61. The summed E-state index contributed by atoms with van der Waals surface area (Å²) in [6.07, 6.45) is 0. The molecule has 0 saturated carbocycles. The molecule has 0 aliphatic rings. The van der Waals surface area contributed by atoms with Gasteiger partial charge in [-0.05, 0) is 0 Å². The number of halogens is 1. The molecule has 0 unspecified atom stereocenters. The topological polar surface area (TPSA) is 49.7 Å². The molecule has 6 heavy (non-hydrogen) atoms. The number of hydrogen-bond acceptors (Lipinski definition) is 3. The molecule has 4 heteroatoms. The van der Waals surface area contributed by atoms with Gasteiger partial charge in [0.15, 0.2) is 0 Å². The van der Waals surface area contributed by atoms with Gasteiger partial charge < -0.3 is 0 Å². The summed E-state index contributed by atoms with van der Waals surface area (Å²) in [6, 6.07) is 0. The summed E-state index contributed by atoms with van der Waals surface area (Å²) in [6.45, 7) is 2.12. The summed E-state index contributed by atoms with van der Waals surface area (Å²) in [5, 5.41) is 0. The van der Waals surface area contributed by atoms with Crippen LogP contribution < -0.4 is 0 Å². The van der Waals surface area contributed by atoms with Crippen LogP contribution in [0.15, 0.2) is 0 Å². The van der Waals surface area contributed by atoms with Crippen LogP contribution in [0.1, 0.15) is 6.92 Å². The van der Waals surface area contributed by atoms with Crippen molar-refractivity contribution in [2.75, 3.05) is 6.61 Å². The summed E-state index contributed by atoms with van der Waals surface area (Å²) < 4.78 is 20.4.